The van der Waals surface area contributed by atoms with Gasteiger partial charge in [-0.25, -0.2) is 0 Å². The van der Waals surface area contributed by atoms with Crippen molar-refractivity contribution < 1.29 is 46.9 Å². The first-order valence-electron chi connectivity index (χ1n) is 8.06. The first-order chi connectivity index (χ1) is 13.1. The molecule has 0 bridgehead atoms. The van der Waals surface area contributed by atoms with Crippen molar-refractivity contribution in [1.29, 1.82) is 0 Å². The Balaban J connectivity index is 3.68. The van der Waals surface area contributed by atoms with E-state index >= 15 is 0 Å². The molecule has 0 aliphatic carbocycles. The number of hydrogen-bond donors (Lipinski definition) is 0. The third-order valence-electron chi connectivity index (χ3n) is 3.42. The quantitative estimate of drug-likeness (QED) is 0.336. The molecular weight excluding hydrogens is 395 g/mol. The number of benzene rings is 1. The van der Waals surface area contributed by atoms with Crippen LogP contribution < -0.4 is 18.9 Å². The molecule has 0 aliphatic heterocycles. The van der Waals surface area contributed by atoms with Gasteiger partial charge in [-0.2, -0.15) is 0 Å². The molecule has 156 valence electrons. The average Bonchev–Trinajstić information content (AvgIpc) is 2.61. The second kappa shape index (κ2) is 10.2. The summed E-state index contributed by atoms with van der Waals surface area (Å²) >= 11 is 0. The highest BCUT2D eigenvalue weighted by Crippen LogP contribution is 2.50. The maximum Gasteiger partial charge on any atom is 0.330 e. The predicted octanol–water partition coefficient (Wildman–Crippen LogP) is 2.50. The highest BCUT2D eigenvalue weighted by atomic mass is 31.2. The van der Waals surface area contributed by atoms with Crippen LogP contribution in [-0.4, -0.2) is 45.4 Å². The van der Waals surface area contributed by atoms with Gasteiger partial charge in [0.15, 0.2) is 23.0 Å². The number of methoxy groups -OCH3 is 1. The Morgan fingerprint density at radius 1 is 0.821 bits per heavy atom. The molecule has 0 aromatic heterocycles. The van der Waals surface area contributed by atoms with Gasteiger partial charge in [0.2, 0.25) is 0 Å². The zero-order chi connectivity index (χ0) is 21.5. The fourth-order valence-electron chi connectivity index (χ4n) is 2.28. The first kappa shape index (κ1) is 23.6. The van der Waals surface area contributed by atoms with Gasteiger partial charge >= 0.3 is 25.5 Å². The van der Waals surface area contributed by atoms with E-state index in [1.165, 1.54) is 34.3 Å². The standard InChI is InChI=1S/C17H23O10P/c1-10(18)25-15-9-14(22-4)16(26-11(2)19)13(17(15)27-12(3)20)7-8-28(21,23-5)24-6/h9H,7-8H2,1-6H3. The smallest absolute Gasteiger partial charge is 0.330 e. The van der Waals surface area contributed by atoms with Crippen molar-refractivity contribution in [3.8, 4) is 23.0 Å². The van der Waals surface area contributed by atoms with E-state index in [4.69, 9.17) is 28.0 Å². The molecule has 0 amide bonds. The van der Waals surface area contributed by atoms with Crippen molar-refractivity contribution in [3.05, 3.63) is 11.6 Å². The summed E-state index contributed by atoms with van der Waals surface area (Å²) in [5.74, 6) is -2.39. The molecule has 0 atom stereocenters. The number of carbonyl (C=O) groups excluding carboxylic acids is 3. The topological polar surface area (TPSA) is 124 Å². The van der Waals surface area contributed by atoms with Gasteiger partial charge in [0.25, 0.3) is 0 Å². The zero-order valence-corrected chi connectivity index (χ0v) is 17.4. The third-order valence-corrected chi connectivity index (χ3v) is 5.30. The average molecular weight is 418 g/mol. The fourth-order valence-corrected chi connectivity index (χ4v) is 3.29. The minimum absolute atomic E-state index is 0.0435. The fraction of sp³-hybridized carbons (Fsp3) is 0.471. The van der Waals surface area contributed by atoms with Crippen molar-refractivity contribution in [2.45, 2.75) is 27.2 Å². The van der Waals surface area contributed by atoms with Crippen molar-refractivity contribution >= 4 is 25.5 Å². The van der Waals surface area contributed by atoms with Crippen LogP contribution in [0.2, 0.25) is 0 Å². The lowest BCUT2D eigenvalue weighted by Crippen LogP contribution is -2.13. The number of hydrogen-bond acceptors (Lipinski definition) is 10. The largest absolute Gasteiger partial charge is 0.493 e. The molecule has 0 spiro atoms. The molecule has 0 heterocycles. The lowest BCUT2D eigenvalue weighted by atomic mass is 10.1. The van der Waals surface area contributed by atoms with Gasteiger partial charge in [-0.1, -0.05) is 0 Å². The van der Waals surface area contributed by atoms with E-state index in [1.54, 1.807) is 0 Å². The second-order valence-corrected chi connectivity index (χ2v) is 7.84. The maximum absolute atomic E-state index is 12.4. The molecule has 10 nitrogen and oxygen atoms in total. The number of carbonyl (C=O) groups is 3. The number of ether oxygens (including phenoxy) is 4. The van der Waals surface area contributed by atoms with Crippen LogP contribution in [0, 0.1) is 0 Å². The predicted molar refractivity (Wildman–Crippen MR) is 97.1 cm³/mol. The van der Waals surface area contributed by atoms with Crippen molar-refractivity contribution in [2.75, 3.05) is 27.5 Å². The minimum Gasteiger partial charge on any atom is -0.493 e. The molecule has 28 heavy (non-hydrogen) atoms. The Bertz CT molecular complexity index is 794. The van der Waals surface area contributed by atoms with E-state index in [-0.39, 0.29) is 41.1 Å². The molecule has 11 heteroatoms. The Kier molecular flexibility index (Phi) is 8.62. The molecule has 0 fully saturated rings. The highest BCUT2D eigenvalue weighted by molar-refractivity contribution is 7.53. The third kappa shape index (κ3) is 6.33. The van der Waals surface area contributed by atoms with Crippen molar-refractivity contribution in [1.82, 2.24) is 0 Å². The molecular formula is C17H23O10P. The number of rotatable bonds is 9. The van der Waals surface area contributed by atoms with E-state index in [0.717, 1.165) is 13.8 Å². The van der Waals surface area contributed by atoms with Gasteiger partial charge in [-0.15, -0.1) is 0 Å². The molecule has 0 N–H and O–H groups in total. The van der Waals surface area contributed by atoms with Crippen LogP contribution in [0.15, 0.2) is 6.07 Å². The van der Waals surface area contributed by atoms with Gasteiger partial charge in [0, 0.05) is 46.6 Å². The Morgan fingerprint density at radius 3 is 1.68 bits per heavy atom. The van der Waals surface area contributed by atoms with Crippen molar-refractivity contribution in [3.63, 3.8) is 0 Å². The molecule has 0 aliphatic rings. The summed E-state index contributed by atoms with van der Waals surface area (Å²) in [6, 6.07) is 1.24. The van der Waals surface area contributed by atoms with Crippen molar-refractivity contribution in [2.24, 2.45) is 0 Å². The Labute approximate surface area is 162 Å². The molecule has 0 saturated heterocycles. The number of esters is 3. The van der Waals surface area contributed by atoms with E-state index in [0.29, 0.717) is 0 Å². The summed E-state index contributed by atoms with van der Waals surface area (Å²) in [6.45, 7) is 3.48. The SMILES string of the molecule is COc1cc(OC(C)=O)c(OC(C)=O)c(CCP(=O)(OC)OC)c1OC(C)=O. The molecule has 1 aromatic carbocycles. The Hall–Kier alpha value is -2.42. The Morgan fingerprint density at radius 2 is 1.29 bits per heavy atom. The summed E-state index contributed by atoms with van der Waals surface area (Å²) in [4.78, 5) is 34.6. The summed E-state index contributed by atoms with van der Waals surface area (Å²) < 4.78 is 43.0. The lowest BCUT2D eigenvalue weighted by molar-refractivity contribution is -0.134. The van der Waals surface area contributed by atoms with Crippen LogP contribution in [0.3, 0.4) is 0 Å². The van der Waals surface area contributed by atoms with Crippen LogP contribution in [0.25, 0.3) is 0 Å². The van der Waals surface area contributed by atoms with E-state index in [2.05, 4.69) is 0 Å². The summed E-state index contributed by atoms with van der Waals surface area (Å²) in [5.41, 5.74) is 0.121. The van der Waals surface area contributed by atoms with E-state index in [9.17, 15) is 18.9 Å². The van der Waals surface area contributed by atoms with Gasteiger partial charge < -0.3 is 28.0 Å². The van der Waals surface area contributed by atoms with Crippen LogP contribution in [0.1, 0.15) is 26.3 Å². The van der Waals surface area contributed by atoms with E-state index in [1.807, 2.05) is 0 Å². The van der Waals surface area contributed by atoms with Gasteiger partial charge in [0.05, 0.1) is 13.3 Å². The minimum atomic E-state index is -3.45. The second-order valence-electron chi connectivity index (χ2n) is 5.44. The molecule has 1 rings (SSSR count). The van der Waals surface area contributed by atoms with Crippen LogP contribution in [0.4, 0.5) is 0 Å². The summed E-state index contributed by atoms with van der Waals surface area (Å²) in [7, 11) is 0.304. The maximum atomic E-state index is 12.4. The highest BCUT2D eigenvalue weighted by Gasteiger charge is 2.29. The van der Waals surface area contributed by atoms with Gasteiger partial charge in [0.1, 0.15) is 0 Å². The first-order valence-corrected chi connectivity index (χ1v) is 9.79. The summed E-state index contributed by atoms with van der Waals surface area (Å²) in [5, 5.41) is 0. The van der Waals surface area contributed by atoms with Gasteiger partial charge in [-0.05, 0) is 6.42 Å². The lowest BCUT2D eigenvalue weighted by Gasteiger charge is -2.20. The van der Waals surface area contributed by atoms with Crippen LogP contribution in [0.5, 0.6) is 23.0 Å². The van der Waals surface area contributed by atoms with Gasteiger partial charge in [-0.3, -0.25) is 18.9 Å². The van der Waals surface area contributed by atoms with E-state index < -0.39 is 25.5 Å². The zero-order valence-electron chi connectivity index (χ0n) is 16.5. The molecule has 0 saturated carbocycles. The normalized spacial score (nSPS) is 10.9. The van der Waals surface area contributed by atoms with Crippen LogP contribution in [-0.2, 0) is 34.4 Å². The molecule has 1 aromatic rings. The molecule has 0 radical (unpaired) electrons. The van der Waals surface area contributed by atoms with Crippen LogP contribution >= 0.6 is 7.60 Å². The summed E-state index contributed by atoms with van der Waals surface area (Å²) in [6.07, 6.45) is -0.217. The molecule has 0 unspecified atom stereocenters. The monoisotopic (exact) mass is 418 g/mol.